The molecule has 2 aromatic carbocycles. The van der Waals surface area contributed by atoms with Crippen LogP contribution >= 0.6 is 15.9 Å². The number of anilines is 2. The monoisotopic (exact) mass is 344 g/mol. The Kier molecular flexibility index (Phi) is 3.51. The smallest absolute Gasteiger partial charge is 0.225 e. The molecule has 0 saturated carbocycles. The maximum absolute atomic E-state index is 12.6. The highest BCUT2D eigenvalue weighted by Crippen LogP contribution is 2.34. The number of halogens is 1. The van der Waals surface area contributed by atoms with Crippen molar-refractivity contribution in [3.63, 3.8) is 0 Å². The van der Waals surface area contributed by atoms with Crippen molar-refractivity contribution in [3.05, 3.63) is 58.6 Å². The number of para-hydroxylation sites is 1. The number of rotatable bonds is 2. The number of benzene rings is 2. The van der Waals surface area contributed by atoms with E-state index in [1.54, 1.807) is 12.1 Å². The molecule has 1 unspecified atom stereocenters. The summed E-state index contributed by atoms with van der Waals surface area (Å²) in [5.41, 5.74) is 1.99. The van der Waals surface area contributed by atoms with Gasteiger partial charge in [-0.1, -0.05) is 34.1 Å². The van der Waals surface area contributed by atoms with Crippen LogP contribution in [0, 0.1) is 0 Å². The Morgan fingerprint density at radius 3 is 2.57 bits per heavy atom. The fraction of sp³-hybridized carbons (Fsp3) is 0.125. The summed E-state index contributed by atoms with van der Waals surface area (Å²) in [4.78, 5) is 26.0. The highest BCUT2D eigenvalue weighted by molar-refractivity contribution is 9.10. The molecule has 0 aliphatic carbocycles. The molecule has 0 bridgehead atoms. The Hall–Kier alpha value is -2.14. The summed E-state index contributed by atoms with van der Waals surface area (Å²) in [5.74, 6) is -0.275. The van der Waals surface area contributed by atoms with E-state index < -0.39 is 6.17 Å². The van der Waals surface area contributed by atoms with E-state index in [1.807, 2.05) is 36.4 Å². The van der Waals surface area contributed by atoms with Gasteiger partial charge in [0.25, 0.3) is 0 Å². The van der Waals surface area contributed by atoms with E-state index in [4.69, 9.17) is 0 Å². The Morgan fingerprint density at radius 2 is 1.90 bits per heavy atom. The third kappa shape index (κ3) is 2.45. The van der Waals surface area contributed by atoms with Gasteiger partial charge in [-0.25, -0.2) is 0 Å². The first-order valence-corrected chi connectivity index (χ1v) is 7.32. The standard InChI is InChI=1S/C16H13BrN2O2/c1-10(20)19-14-8-7-11(17)9-13(14)15(21)16(19)18-12-5-3-2-4-6-12/h2-9,16,18H,1H3. The predicted octanol–water partition coefficient (Wildman–Crippen LogP) is 3.44. The maximum Gasteiger partial charge on any atom is 0.225 e. The van der Waals surface area contributed by atoms with E-state index >= 15 is 0 Å². The molecular formula is C16H13BrN2O2. The molecule has 3 rings (SSSR count). The molecule has 21 heavy (non-hydrogen) atoms. The van der Waals surface area contributed by atoms with Crippen molar-refractivity contribution in [2.45, 2.75) is 13.1 Å². The number of fused-ring (bicyclic) bond motifs is 1. The zero-order chi connectivity index (χ0) is 15.0. The highest BCUT2D eigenvalue weighted by Gasteiger charge is 2.39. The minimum absolute atomic E-state index is 0.106. The van der Waals surface area contributed by atoms with Crippen LogP contribution in [0.15, 0.2) is 53.0 Å². The molecule has 0 saturated heterocycles. The molecule has 1 N–H and O–H groups in total. The lowest BCUT2D eigenvalue weighted by molar-refractivity contribution is -0.116. The van der Waals surface area contributed by atoms with Crippen LogP contribution in [0.5, 0.6) is 0 Å². The van der Waals surface area contributed by atoms with Crippen LogP contribution in [0.4, 0.5) is 11.4 Å². The van der Waals surface area contributed by atoms with Crippen LogP contribution in [0.2, 0.25) is 0 Å². The number of carbonyl (C=O) groups is 2. The lowest BCUT2D eigenvalue weighted by Crippen LogP contribution is -2.44. The fourth-order valence-corrected chi connectivity index (χ4v) is 2.85. The van der Waals surface area contributed by atoms with Gasteiger partial charge in [-0.15, -0.1) is 0 Å². The zero-order valence-corrected chi connectivity index (χ0v) is 12.9. The third-order valence-corrected chi connectivity index (χ3v) is 3.90. The molecule has 0 spiro atoms. The van der Waals surface area contributed by atoms with Gasteiger partial charge in [0.1, 0.15) is 0 Å². The number of carbonyl (C=O) groups excluding carboxylic acids is 2. The molecule has 1 atom stereocenters. The predicted molar refractivity (Wildman–Crippen MR) is 85.5 cm³/mol. The van der Waals surface area contributed by atoms with E-state index in [0.29, 0.717) is 11.3 Å². The van der Waals surface area contributed by atoms with Crippen molar-refractivity contribution in [1.82, 2.24) is 0 Å². The average molecular weight is 345 g/mol. The van der Waals surface area contributed by atoms with Gasteiger partial charge in [0.15, 0.2) is 6.17 Å². The van der Waals surface area contributed by atoms with E-state index in [9.17, 15) is 9.59 Å². The molecule has 106 valence electrons. The number of amides is 1. The first kappa shape index (κ1) is 13.8. The van der Waals surface area contributed by atoms with Gasteiger partial charge in [0.2, 0.25) is 11.7 Å². The number of nitrogens with one attached hydrogen (secondary N) is 1. The molecule has 1 aliphatic heterocycles. The van der Waals surface area contributed by atoms with Crippen molar-refractivity contribution in [1.29, 1.82) is 0 Å². The molecule has 0 aromatic heterocycles. The van der Waals surface area contributed by atoms with Crippen molar-refractivity contribution < 1.29 is 9.59 Å². The van der Waals surface area contributed by atoms with E-state index in [-0.39, 0.29) is 11.7 Å². The second kappa shape index (κ2) is 5.33. The van der Waals surface area contributed by atoms with Gasteiger partial charge in [-0.3, -0.25) is 14.5 Å². The number of Topliss-reactive ketones (excluding diaryl/α,β-unsaturated/α-hetero) is 1. The van der Waals surface area contributed by atoms with Gasteiger partial charge in [0, 0.05) is 22.6 Å². The SMILES string of the molecule is CC(=O)N1c2ccc(Br)cc2C(=O)C1Nc1ccccc1. The number of hydrogen-bond donors (Lipinski definition) is 1. The van der Waals surface area contributed by atoms with Crippen LogP contribution in [0.3, 0.4) is 0 Å². The van der Waals surface area contributed by atoms with Gasteiger partial charge in [-0.2, -0.15) is 0 Å². The third-order valence-electron chi connectivity index (χ3n) is 3.41. The zero-order valence-electron chi connectivity index (χ0n) is 11.3. The largest absolute Gasteiger partial charge is 0.358 e. The first-order valence-electron chi connectivity index (χ1n) is 6.53. The fourth-order valence-electron chi connectivity index (χ4n) is 2.49. The summed E-state index contributed by atoms with van der Waals surface area (Å²) in [6.07, 6.45) is -0.700. The average Bonchev–Trinajstić information content (AvgIpc) is 2.73. The Labute approximate surface area is 130 Å². The van der Waals surface area contributed by atoms with Crippen LogP contribution in [-0.4, -0.2) is 17.9 Å². The molecule has 1 amide bonds. The number of nitrogens with zero attached hydrogens (tertiary/aromatic N) is 1. The van der Waals surface area contributed by atoms with Gasteiger partial charge in [0.05, 0.1) is 5.69 Å². The first-order chi connectivity index (χ1) is 10.1. The van der Waals surface area contributed by atoms with Crippen molar-refractivity contribution >= 4 is 39.0 Å². The lowest BCUT2D eigenvalue weighted by Gasteiger charge is -2.24. The maximum atomic E-state index is 12.6. The summed E-state index contributed by atoms with van der Waals surface area (Å²) in [6.45, 7) is 1.46. The van der Waals surface area contributed by atoms with E-state index in [1.165, 1.54) is 11.8 Å². The Balaban J connectivity index is 2.01. The van der Waals surface area contributed by atoms with Crippen LogP contribution < -0.4 is 10.2 Å². The molecule has 1 heterocycles. The summed E-state index contributed by atoms with van der Waals surface area (Å²) in [7, 11) is 0. The van der Waals surface area contributed by atoms with E-state index in [0.717, 1.165) is 10.2 Å². The summed E-state index contributed by atoms with van der Waals surface area (Å²) in [5, 5.41) is 3.13. The normalized spacial score (nSPS) is 16.8. The van der Waals surface area contributed by atoms with Crippen LogP contribution in [0.25, 0.3) is 0 Å². The van der Waals surface area contributed by atoms with Gasteiger partial charge < -0.3 is 5.32 Å². The molecule has 2 aromatic rings. The highest BCUT2D eigenvalue weighted by atomic mass is 79.9. The molecule has 0 radical (unpaired) electrons. The van der Waals surface area contributed by atoms with Gasteiger partial charge >= 0.3 is 0 Å². The lowest BCUT2D eigenvalue weighted by atomic mass is 10.1. The van der Waals surface area contributed by atoms with Crippen LogP contribution in [0.1, 0.15) is 17.3 Å². The molecule has 4 nitrogen and oxygen atoms in total. The summed E-state index contributed by atoms with van der Waals surface area (Å²) >= 11 is 3.36. The Bertz CT molecular complexity index is 715. The minimum Gasteiger partial charge on any atom is -0.358 e. The number of ketones is 1. The van der Waals surface area contributed by atoms with Crippen LogP contribution in [-0.2, 0) is 4.79 Å². The van der Waals surface area contributed by atoms with Gasteiger partial charge in [-0.05, 0) is 30.3 Å². The summed E-state index contributed by atoms with van der Waals surface area (Å²) in [6, 6.07) is 14.7. The quantitative estimate of drug-likeness (QED) is 0.907. The Morgan fingerprint density at radius 1 is 1.19 bits per heavy atom. The molecular weight excluding hydrogens is 332 g/mol. The number of hydrogen-bond acceptors (Lipinski definition) is 3. The molecule has 0 fully saturated rings. The second-order valence-corrected chi connectivity index (χ2v) is 5.74. The molecule has 5 heteroatoms. The summed E-state index contributed by atoms with van der Waals surface area (Å²) < 4.78 is 0.818. The van der Waals surface area contributed by atoms with E-state index in [2.05, 4.69) is 21.2 Å². The van der Waals surface area contributed by atoms with Crippen molar-refractivity contribution in [3.8, 4) is 0 Å². The van der Waals surface area contributed by atoms with Crippen molar-refractivity contribution in [2.24, 2.45) is 0 Å². The minimum atomic E-state index is -0.700. The van der Waals surface area contributed by atoms with Crippen molar-refractivity contribution in [2.75, 3.05) is 10.2 Å². The molecule has 1 aliphatic rings. The second-order valence-electron chi connectivity index (χ2n) is 4.83. The topological polar surface area (TPSA) is 49.4 Å².